The predicted octanol–water partition coefficient (Wildman–Crippen LogP) is 1.86. The van der Waals surface area contributed by atoms with Crippen molar-refractivity contribution in [1.82, 2.24) is 4.98 Å². The zero-order chi connectivity index (χ0) is 9.52. The van der Waals surface area contributed by atoms with Crippen LogP contribution in [0.25, 0.3) is 0 Å². The second-order valence-electron chi connectivity index (χ2n) is 2.88. The number of rotatable bonds is 6. The third-order valence-electron chi connectivity index (χ3n) is 1.76. The van der Waals surface area contributed by atoms with Gasteiger partial charge in [-0.25, -0.2) is 4.98 Å². The fraction of sp³-hybridized carbons (Fsp3) is 0.556. The minimum Gasteiger partial charge on any atom is -0.481 e. The lowest BCUT2D eigenvalue weighted by molar-refractivity contribution is -0.137. The van der Waals surface area contributed by atoms with E-state index in [1.54, 1.807) is 12.5 Å². The van der Waals surface area contributed by atoms with Gasteiger partial charge in [0.2, 0.25) is 0 Å². The molecule has 0 unspecified atom stereocenters. The van der Waals surface area contributed by atoms with Gasteiger partial charge in [0.1, 0.15) is 6.26 Å². The van der Waals surface area contributed by atoms with Crippen molar-refractivity contribution >= 4 is 5.97 Å². The highest BCUT2D eigenvalue weighted by atomic mass is 16.4. The number of carboxylic acid groups (broad SMARTS) is 1. The van der Waals surface area contributed by atoms with Gasteiger partial charge >= 0.3 is 5.97 Å². The van der Waals surface area contributed by atoms with E-state index < -0.39 is 5.97 Å². The molecule has 0 saturated heterocycles. The summed E-state index contributed by atoms with van der Waals surface area (Å²) in [7, 11) is 0. The fourth-order valence-corrected chi connectivity index (χ4v) is 1.11. The van der Waals surface area contributed by atoms with E-state index in [4.69, 9.17) is 9.52 Å². The second kappa shape index (κ2) is 5.35. The van der Waals surface area contributed by atoms with Gasteiger partial charge in [0.15, 0.2) is 5.89 Å². The van der Waals surface area contributed by atoms with Gasteiger partial charge < -0.3 is 9.52 Å². The van der Waals surface area contributed by atoms with Crippen LogP contribution in [0.1, 0.15) is 31.6 Å². The van der Waals surface area contributed by atoms with Crippen molar-refractivity contribution < 1.29 is 14.3 Å². The molecular formula is C9H13NO3. The average Bonchev–Trinajstić information content (AvgIpc) is 2.55. The molecule has 4 heteroatoms. The normalized spacial score (nSPS) is 10.2. The van der Waals surface area contributed by atoms with E-state index in [9.17, 15) is 4.79 Å². The SMILES string of the molecule is O=C(O)CCCCCc1ncco1. The minimum absolute atomic E-state index is 0.256. The molecule has 1 rings (SSSR count). The number of carbonyl (C=O) groups is 1. The first-order valence-corrected chi connectivity index (χ1v) is 4.39. The Kier molecular flexibility index (Phi) is 4.02. The van der Waals surface area contributed by atoms with Crippen LogP contribution in [0.2, 0.25) is 0 Å². The van der Waals surface area contributed by atoms with E-state index in [1.165, 1.54) is 0 Å². The molecule has 1 heterocycles. The Morgan fingerprint density at radius 2 is 2.31 bits per heavy atom. The van der Waals surface area contributed by atoms with Crippen LogP contribution in [-0.2, 0) is 11.2 Å². The van der Waals surface area contributed by atoms with Crippen LogP contribution in [0.15, 0.2) is 16.9 Å². The summed E-state index contributed by atoms with van der Waals surface area (Å²) < 4.78 is 5.03. The number of aryl methyl sites for hydroxylation is 1. The molecule has 0 aromatic carbocycles. The molecule has 0 aliphatic heterocycles. The van der Waals surface area contributed by atoms with Crippen molar-refractivity contribution in [2.75, 3.05) is 0 Å². The van der Waals surface area contributed by atoms with Gasteiger partial charge in [-0.3, -0.25) is 4.79 Å². The number of aromatic nitrogens is 1. The Labute approximate surface area is 76.6 Å². The summed E-state index contributed by atoms with van der Waals surface area (Å²) in [5.41, 5.74) is 0. The Morgan fingerprint density at radius 3 is 2.92 bits per heavy atom. The lowest BCUT2D eigenvalue weighted by Crippen LogP contribution is -1.94. The van der Waals surface area contributed by atoms with Crippen molar-refractivity contribution in [2.24, 2.45) is 0 Å². The predicted molar refractivity (Wildman–Crippen MR) is 46.3 cm³/mol. The molecule has 1 aromatic heterocycles. The topological polar surface area (TPSA) is 63.3 Å². The molecule has 0 atom stereocenters. The average molecular weight is 183 g/mol. The smallest absolute Gasteiger partial charge is 0.303 e. The Balaban J connectivity index is 1.99. The number of hydrogen-bond acceptors (Lipinski definition) is 3. The summed E-state index contributed by atoms with van der Waals surface area (Å²) in [5, 5.41) is 8.37. The quantitative estimate of drug-likeness (QED) is 0.684. The summed E-state index contributed by atoms with van der Waals surface area (Å²) in [4.78, 5) is 14.1. The second-order valence-corrected chi connectivity index (χ2v) is 2.88. The molecule has 0 saturated carbocycles. The summed E-state index contributed by atoms with van der Waals surface area (Å²) in [6, 6.07) is 0. The van der Waals surface area contributed by atoms with Gasteiger partial charge in [0.05, 0.1) is 6.20 Å². The van der Waals surface area contributed by atoms with E-state index in [1.807, 2.05) is 0 Å². The van der Waals surface area contributed by atoms with E-state index in [0.29, 0.717) is 0 Å². The van der Waals surface area contributed by atoms with Crippen LogP contribution in [0.5, 0.6) is 0 Å². The van der Waals surface area contributed by atoms with Crippen LogP contribution in [0.4, 0.5) is 0 Å². The maximum absolute atomic E-state index is 10.2. The van der Waals surface area contributed by atoms with Gasteiger partial charge in [-0.05, 0) is 12.8 Å². The van der Waals surface area contributed by atoms with Crippen LogP contribution in [-0.4, -0.2) is 16.1 Å². The van der Waals surface area contributed by atoms with Crippen LogP contribution in [0, 0.1) is 0 Å². The highest BCUT2D eigenvalue weighted by molar-refractivity contribution is 5.66. The molecule has 72 valence electrons. The van der Waals surface area contributed by atoms with E-state index in [0.717, 1.165) is 31.6 Å². The van der Waals surface area contributed by atoms with Crippen LogP contribution >= 0.6 is 0 Å². The number of unbranched alkanes of at least 4 members (excludes halogenated alkanes) is 2. The number of aliphatic carboxylic acids is 1. The van der Waals surface area contributed by atoms with Gasteiger partial charge in [-0.2, -0.15) is 0 Å². The largest absolute Gasteiger partial charge is 0.481 e. The van der Waals surface area contributed by atoms with E-state index >= 15 is 0 Å². The Morgan fingerprint density at radius 1 is 1.46 bits per heavy atom. The highest BCUT2D eigenvalue weighted by Gasteiger charge is 1.99. The first-order valence-electron chi connectivity index (χ1n) is 4.39. The standard InChI is InChI=1S/C9H13NO3/c11-9(12)5-3-1-2-4-8-10-6-7-13-8/h6-7H,1-5H2,(H,11,12). The molecule has 1 N–H and O–H groups in total. The lowest BCUT2D eigenvalue weighted by Gasteiger charge is -1.95. The summed E-state index contributed by atoms with van der Waals surface area (Å²) >= 11 is 0. The van der Waals surface area contributed by atoms with Gasteiger partial charge in [0.25, 0.3) is 0 Å². The number of oxazole rings is 1. The molecule has 0 aliphatic rings. The Hall–Kier alpha value is -1.32. The first kappa shape index (κ1) is 9.77. The molecule has 0 fully saturated rings. The fourth-order valence-electron chi connectivity index (χ4n) is 1.11. The van der Waals surface area contributed by atoms with Gasteiger partial charge in [0, 0.05) is 12.8 Å². The maximum Gasteiger partial charge on any atom is 0.303 e. The third-order valence-corrected chi connectivity index (χ3v) is 1.76. The van der Waals surface area contributed by atoms with E-state index in [-0.39, 0.29) is 6.42 Å². The van der Waals surface area contributed by atoms with Crippen LogP contribution < -0.4 is 0 Å². The van der Waals surface area contributed by atoms with Crippen molar-refractivity contribution in [2.45, 2.75) is 32.1 Å². The van der Waals surface area contributed by atoms with Crippen molar-refractivity contribution in [3.63, 3.8) is 0 Å². The molecule has 0 radical (unpaired) electrons. The maximum atomic E-state index is 10.2. The molecule has 0 spiro atoms. The molecule has 0 bridgehead atoms. The zero-order valence-corrected chi connectivity index (χ0v) is 7.40. The number of nitrogens with zero attached hydrogens (tertiary/aromatic N) is 1. The van der Waals surface area contributed by atoms with Crippen molar-refractivity contribution in [1.29, 1.82) is 0 Å². The molecule has 0 aliphatic carbocycles. The minimum atomic E-state index is -0.726. The third kappa shape index (κ3) is 4.30. The van der Waals surface area contributed by atoms with Crippen LogP contribution in [0.3, 0.4) is 0 Å². The summed E-state index contributed by atoms with van der Waals surface area (Å²) in [5.74, 6) is 0.00597. The zero-order valence-electron chi connectivity index (χ0n) is 7.40. The molecule has 13 heavy (non-hydrogen) atoms. The van der Waals surface area contributed by atoms with Crippen molar-refractivity contribution in [3.05, 3.63) is 18.4 Å². The van der Waals surface area contributed by atoms with Crippen molar-refractivity contribution in [3.8, 4) is 0 Å². The number of carboxylic acids is 1. The molecular weight excluding hydrogens is 170 g/mol. The van der Waals surface area contributed by atoms with Gasteiger partial charge in [-0.1, -0.05) is 6.42 Å². The lowest BCUT2D eigenvalue weighted by atomic mass is 10.1. The highest BCUT2D eigenvalue weighted by Crippen LogP contribution is 2.05. The first-order chi connectivity index (χ1) is 6.29. The molecule has 1 aromatic rings. The molecule has 0 amide bonds. The molecule has 4 nitrogen and oxygen atoms in total. The number of hydrogen-bond donors (Lipinski definition) is 1. The summed E-state index contributed by atoms with van der Waals surface area (Å²) in [6.45, 7) is 0. The van der Waals surface area contributed by atoms with E-state index in [2.05, 4.69) is 4.98 Å². The monoisotopic (exact) mass is 183 g/mol. The summed E-state index contributed by atoms with van der Waals surface area (Å²) in [6.07, 6.45) is 6.80. The Bertz CT molecular complexity index is 243. The van der Waals surface area contributed by atoms with Gasteiger partial charge in [-0.15, -0.1) is 0 Å².